The first-order valence-electron chi connectivity index (χ1n) is 4.36. The molecule has 0 unspecified atom stereocenters. The summed E-state index contributed by atoms with van der Waals surface area (Å²) in [6, 6.07) is 3.73. The molecule has 0 saturated heterocycles. The minimum atomic E-state index is -0.547. The molecule has 2 rings (SSSR count). The summed E-state index contributed by atoms with van der Waals surface area (Å²) in [6.45, 7) is 1.92. The Kier molecular flexibility index (Phi) is 2.24. The zero-order chi connectivity index (χ0) is 10.8. The van der Waals surface area contributed by atoms with Crippen LogP contribution in [-0.2, 0) is 4.74 Å². The maximum Gasteiger partial charge on any atom is 0.412 e. The van der Waals surface area contributed by atoms with Gasteiger partial charge in [0, 0.05) is 5.69 Å². The molecule has 6 nitrogen and oxygen atoms in total. The Morgan fingerprint density at radius 2 is 2.33 bits per heavy atom. The van der Waals surface area contributed by atoms with E-state index in [1.165, 1.54) is 13.4 Å². The highest BCUT2D eigenvalue weighted by Gasteiger charge is 2.08. The van der Waals surface area contributed by atoms with E-state index in [9.17, 15) is 4.79 Å². The number of nitrogens with zero attached hydrogens (tertiary/aromatic N) is 3. The molecule has 2 aromatic heterocycles. The topological polar surface area (TPSA) is 68.5 Å². The zero-order valence-electron chi connectivity index (χ0n) is 8.39. The van der Waals surface area contributed by atoms with E-state index in [0.717, 1.165) is 11.2 Å². The fourth-order valence-electron chi connectivity index (χ4n) is 1.31. The van der Waals surface area contributed by atoms with Gasteiger partial charge >= 0.3 is 6.09 Å². The average molecular weight is 206 g/mol. The molecule has 6 heteroatoms. The van der Waals surface area contributed by atoms with Crippen molar-refractivity contribution in [2.45, 2.75) is 6.92 Å². The third-order valence-electron chi connectivity index (χ3n) is 2.05. The van der Waals surface area contributed by atoms with Crippen LogP contribution in [0.15, 0.2) is 18.5 Å². The van der Waals surface area contributed by atoms with Gasteiger partial charge in [0.2, 0.25) is 0 Å². The van der Waals surface area contributed by atoms with Crippen molar-refractivity contribution in [3.8, 4) is 0 Å². The normalized spacial score (nSPS) is 10.3. The van der Waals surface area contributed by atoms with Crippen molar-refractivity contribution in [3.05, 3.63) is 24.2 Å². The molecule has 2 aromatic rings. The first kappa shape index (κ1) is 9.45. The van der Waals surface area contributed by atoms with Gasteiger partial charge in [0.05, 0.1) is 7.11 Å². The fourth-order valence-corrected chi connectivity index (χ4v) is 1.31. The van der Waals surface area contributed by atoms with Gasteiger partial charge in [-0.1, -0.05) is 0 Å². The van der Waals surface area contributed by atoms with Gasteiger partial charge in [0.15, 0.2) is 5.82 Å². The second kappa shape index (κ2) is 3.56. The van der Waals surface area contributed by atoms with Crippen molar-refractivity contribution in [2.24, 2.45) is 0 Å². The summed E-state index contributed by atoms with van der Waals surface area (Å²) in [5.74, 6) is 0.435. The summed E-state index contributed by atoms with van der Waals surface area (Å²) < 4.78 is 6.18. The predicted molar refractivity (Wildman–Crippen MR) is 53.8 cm³/mol. The number of hydrogen-bond acceptors (Lipinski definition) is 4. The summed E-state index contributed by atoms with van der Waals surface area (Å²) in [7, 11) is 1.30. The first-order chi connectivity index (χ1) is 7.22. The highest BCUT2D eigenvalue weighted by Crippen LogP contribution is 2.15. The van der Waals surface area contributed by atoms with Crippen LogP contribution in [-0.4, -0.2) is 27.8 Å². The Labute approximate surface area is 85.9 Å². The largest absolute Gasteiger partial charge is 0.453 e. The molecule has 15 heavy (non-hydrogen) atoms. The van der Waals surface area contributed by atoms with E-state index >= 15 is 0 Å². The van der Waals surface area contributed by atoms with Gasteiger partial charge in [0.1, 0.15) is 11.8 Å². The number of carbonyl (C=O) groups excluding carboxylic acids is 1. The number of hydrogen-bond donors (Lipinski definition) is 1. The summed E-state index contributed by atoms with van der Waals surface area (Å²) in [5.41, 5.74) is 1.71. The lowest BCUT2D eigenvalue weighted by atomic mass is 10.5. The van der Waals surface area contributed by atoms with Gasteiger partial charge in [-0.25, -0.2) is 14.3 Å². The molecule has 0 spiro atoms. The molecule has 1 N–H and O–H groups in total. The summed E-state index contributed by atoms with van der Waals surface area (Å²) >= 11 is 0. The Balaban J connectivity index is 2.47. The standard InChI is InChI=1S/C9H10N4O2/c1-6-3-4-7-8(12-9(14)15-2)10-5-11-13(6)7/h3-5H,1-2H3,(H,10,11,12,14). The van der Waals surface area contributed by atoms with Crippen LogP contribution in [0.5, 0.6) is 0 Å². The van der Waals surface area contributed by atoms with E-state index in [2.05, 4.69) is 20.1 Å². The number of aryl methyl sites for hydroxylation is 1. The number of methoxy groups -OCH3 is 1. The van der Waals surface area contributed by atoms with E-state index in [4.69, 9.17) is 0 Å². The van der Waals surface area contributed by atoms with Gasteiger partial charge in [-0.15, -0.1) is 0 Å². The highest BCUT2D eigenvalue weighted by molar-refractivity contribution is 5.88. The maximum absolute atomic E-state index is 11.0. The molecule has 0 aliphatic heterocycles. The quantitative estimate of drug-likeness (QED) is 0.761. The molecule has 2 heterocycles. The lowest BCUT2D eigenvalue weighted by Crippen LogP contribution is -2.13. The monoisotopic (exact) mass is 206 g/mol. The average Bonchev–Trinajstić information content (AvgIpc) is 2.62. The number of carbonyl (C=O) groups is 1. The van der Waals surface area contributed by atoms with Crippen molar-refractivity contribution in [1.82, 2.24) is 14.6 Å². The van der Waals surface area contributed by atoms with Crippen molar-refractivity contribution >= 4 is 17.4 Å². The Morgan fingerprint density at radius 1 is 1.53 bits per heavy atom. The molecule has 1 amide bonds. The van der Waals surface area contributed by atoms with E-state index in [1.807, 2.05) is 19.1 Å². The lowest BCUT2D eigenvalue weighted by molar-refractivity contribution is 0.187. The molecular weight excluding hydrogens is 196 g/mol. The minimum absolute atomic E-state index is 0.435. The second-order valence-electron chi connectivity index (χ2n) is 3.00. The van der Waals surface area contributed by atoms with Gasteiger partial charge in [-0.3, -0.25) is 5.32 Å². The summed E-state index contributed by atoms with van der Waals surface area (Å²) in [6.07, 6.45) is 0.833. The van der Waals surface area contributed by atoms with Gasteiger partial charge < -0.3 is 4.74 Å². The van der Waals surface area contributed by atoms with Crippen LogP contribution in [0.4, 0.5) is 10.6 Å². The zero-order valence-corrected chi connectivity index (χ0v) is 8.39. The number of amides is 1. The smallest absolute Gasteiger partial charge is 0.412 e. The molecular formula is C9H10N4O2. The Morgan fingerprint density at radius 3 is 3.07 bits per heavy atom. The molecule has 78 valence electrons. The van der Waals surface area contributed by atoms with Gasteiger partial charge in [-0.2, -0.15) is 5.10 Å². The SMILES string of the molecule is COC(=O)Nc1ncnn2c(C)ccc12. The number of fused-ring (bicyclic) bond motifs is 1. The highest BCUT2D eigenvalue weighted by atomic mass is 16.5. The number of nitrogens with one attached hydrogen (secondary N) is 1. The molecule has 0 aliphatic carbocycles. The van der Waals surface area contributed by atoms with E-state index in [0.29, 0.717) is 5.82 Å². The van der Waals surface area contributed by atoms with Crippen molar-refractivity contribution < 1.29 is 9.53 Å². The molecule has 0 atom stereocenters. The number of anilines is 1. The molecule has 0 radical (unpaired) electrons. The first-order valence-corrected chi connectivity index (χ1v) is 4.36. The van der Waals surface area contributed by atoms with E-state index in [1.54, 1.807) is 4.52 Å². The molecule has 0 aromatic carbocycles. The van der Waals surface area contributed by atoms with Crippen LogP contribution in [0.2, 0.25) is 0 Å². The number of aromatic nitrogens is 3. The lowest BCUT2D eigenvalue weighted by Gasteiger charge is -2.04. The number of ether oxygens (including phenoxy) is 1. The predicted octanol–water partition coefficient (Wildman–Crippen LogP) is 1.22. The molecule has 0 bridgehead atoms. The fraction of sp³-hybridized carbons (Fsp3) is 0.222. The van der Waals surface area contributed by atoms with E-state index in [-0.39, 0.29) is 0 Å². The van der Waals surface area contributed by atoms with Gasteiger partial charge in [-0.05, 0) is 19.1 Å². The van der Waals surface area contributed by atoms with Crippen LogP contribution < -0.4 is 5.32 Å². The molecule has 0 fully saturated rings. The third-order valence-corrected chi connectivity index (χ3v) is 2.05. The Hall–Kier alpha value is -2.11. The summed E-state index contributed by atoms with van der Waals surface area (Å²) in [5, 5.41) is 6.56. The van der Waals surface area contributed by atoms with E-state index < -0.39 is 6.09 Å². The van der Waals surface area contributed by atoms with Crippen LogP contribution in [0.1, 0.15) is 5.69 Å². The van der Waals surface area contributed by atoms with Crippen LogP contribution >= 0.6 is 0 Å². The maximum atomic E-state index is 11.0. The number of rotatable bonds is 1. The van der Waals surface area contributed by atoms with Crippen molar-refractivity contribution in [1.29, 1.82) is 0 Å². The van der Waals surface area contributed by atoms with Crippen molar-refractivity contribution in [3.63, 3.8) is 0 Å². The van der Waals surface area contributed by atoms with Crippen LogP contribution in [0.3, 0.4) is 0 Å². The Bertz CT molecular complexity index is 506. The minimum Gasteiger partial charge on any atom is -0.453 e. The second-order valence-corrected chi connectivity index (χ2v) is 3.00. The summed E-state index contributed by atoms with van der Waals surface area (Å²) in [4.78, 5) is 15.0. The molecule has 0 aliphatic rings. The molecule has 0 saturated carbocycles. The van der Waals surface area contributed by atoms with Gasteiger partial charge in [0.25, 0.3) is 0 Å². The van der Waals surface area contributed by atoms with Crippen LogP contribution in [0, 0.1) is 6.92 Å². The van der Waals surface area contributed by atoms with Crippen LogP contribution in [0.25, 0.3) is 5.52 Å². The third kappa shape index (κ3) is 1.61. The van der Waals surface area contributed by atoms with Crippen molar-refractivity contribution in [2.75, 3.05) is 12.4 Å².